The van der Waals surface area contributed by atoms with Gasteiger partial charge in [-0.25, -0.2) is 4.79 Å². The number of hydrogen-bond donors (Lipinski definition) is 1. The van der Waals surface area contributed by atoms with Crippen LogP contribution in [0, 0.1) is 0 Å². The van der Waals surface area contributed by atoms with Crippen LogP contribution >= 0.6 is 0 Å². The number of rotatable bonds is 5. The predicted molar refractivity (Wildman–Crippen MR) is 112 cm³/mol. The Morgan fingerprint density at radius 3 is 2.53 bits per heavy atom. The molecule has 1 atom stereocenters. The van der Waals surface area contributed by atoms with E-state index in [0.717, 1.165) is 55.5 Å². The number of ketones is 1. The van der Waals surface area contributed by atoms with E-state index < -0.39 is 5.92 Å². The smallest absolute Gasteiger partial charge is 0.337 e. The molecule has 1 aromatic carbocycles. The Hall–Kier alpha value is -2.76. The highest BCUT2D eigenvalue weighted by Gasteiger charge is 2.41. The second kappa shape index (κ2) is 8.54. The molecule has 1 N–H and O–H groups in total. The van der Waals surface area contributed by atoms with E-state index in [-0.39, 0.29) is 17.9 Å². The van der Waals surface area contributed by atoms with Crippen LogP contribution in [-0.2, 0) is 14.3 Å². The Morgan fingerprint density at radius 1 is 1.07 bits per heavy atom. The SMILES string of the molecule is COc1ccc([C@@H]2C(C(=O)OC3CCCC3)=C(C)NC3=C2C(=O)CCC3)c(OC)c1. The van der Waals surface area contributed by atoms with Gasteiger partial charge in [-0.05, 0) is 51.5 Å². The Bertz CT molecular complexity index is 924. The van der Waals surface area contributed by atoms with E-state index >= 15 is 0 Å². The van der Waals surface area contributed by atoms with Crippen molar-refractivity contribution in [3.05, 3.63) is 46.3 Å². The van der Waals surface area contributed by atoms with Gasteiger partial charge in [0.25, 0.3) is 0 Å². The third-order valence-electron chi connectivity index (χ3n) is 6.32. The lowest BCUT2D eigenvalue weighted by Gasteiger charge is -2.35. The maximum absolute atomic E-state index is 13.3. The zero-order valence-electron chi connectivity index (χ0n) is 17.9. The number of methoxy groups -OCH3 is 2. The fourth-order valence-corrected chi connectivity index (χ4v) is 4.84. The van der Waals surface area contributed by atoms with Gasteiger partial charge in [0, 0.05) is 35.0 Å². The van der Waals surface area contributed by atoms with E-state index in [0.29, 0.717) is 29.1 Å². The van der Waals surface area contributed by atoms with Gasteiger partial charge in [-0.15, -0.1) is 0 Å². The molecule has 160 valence electrons. The summed E-state index contributed by atoms with van der Waals surface area (Å²) in [4.78, 5) is 26.3. The predicted octanol–water partition coefficient (Wildman–Crippen LogP) is 4.16. The van der Waals surface area contributed by atoms with E-state index in [9.17, 15) is 9.59 Å². The van der Waals surface area contributed by atoms with Crippen molar-refractivity contribution in [2.45, 2.75) is 63.9 Å². The van der Waals surface area contributed by atoms with Crippen molar-refractivity contribution in [1.82, 2.24) is 5.32 Å². The van der Waals surface area contributed by atoms with Crippen LogP contribution in [0.15, 0.2) is 40.7 Å². The summed E-state index contributed by atoms with van der Waals surface area (Å²) in [6.45, 7) is 1.89. The third kappa shape index (κ3) is 3.71. The molecule has 0 saturated heterocycles. The molecule has 0 amide bonds. The van der Waals surface area contributed by atoms with Crippen LogP contribution in [0.25, 0.3) is 0 Å². The minimum Gasteiger partial charge on any atom is -0.497 e. The van der Waals surface area contributed by atoms with Crippen LogP contribution in [0.1, 0.15) is 63.4 Å². The minimum atomic E-state index is -0.510. The third-order valence-corrected chi connectivity index (χ3v) is 6.32. The van der Waals surface area contributed by atoms with E-state index in [2.05, 4.69) is 5.32 Å². The first-order valence-electron chi connectivity index (χ1n) is 10.7. The van der Waals surface area contributed by atoms with Crippen molar-refractivity contribution < 1.29 is 23.8 Å². The van der Waals surface area contributed by atoms with Gasteiger partial charge in [-0.3, -0.25) is 4.79 Å². The molecule has 2 aliphatic carbocycles. The monoisotopic (exact) mass is 411 g/mol. The van der Waals surface area contributed by atoms with Crippen LogP contribution < -0.4 is 14.8 Å². The normalized spacial score (nSPS) is 22.0. The molecule has 30 heavy (non-hydrogen) atoms. The Balaban J connectivity index is 1.81. The zero-order chi connectivity index (χ0) is 21.3. The average molecular weight is 411 g/mol. The maximum atomic E-state index is 13.3. The number of carbonyl (C=O) groups is 2. The molecule has 0 spiro atoms. The Kier molecular flexibility index (Phi) is 5.84. The molecule has 6 heteroatoms. The molecule has 0 radical (unpaired) electrons. The molecule has 1 aromatic rings. The number of ether oxygens (including phenoxy) is 3. The lowest BCUT2D eigenvalue weighted by Crippen LogP contribution is -2.35. The molecule has 1 aliphatic heterocycles. The summed E-state index contributed by atoms with van der Waals surface area (Å²) in [5.41, 5.74) is 3.59. The number of Topliss-reactive ketones (excluding diaryl/α,β-unsaturated/α-hetero) is 1. The lowest BCUT2D eigenvalue weighted by molar-refractivity contribution is -0.144. The molecule has 3 aliphatic rings. The highest BCUT2D eigenvalue weighted by Crippen LogP contribution is 2.46. The second-order valence-electron chi connectivity index (χ2n) is 8.19. The van der Waals surface area contributed by atoms with E-state index in [1.54, 1.807) is 20.3 Å². The van der Waals surface area contributed by atoms with Crippen molar-refractivity contribution in [2.24, 2.45) is 0 Å². The largest absolute Gasteiger partial charge is 0.497 e. The number of esters is 1. The first-order valence-corrected chi connectivity index (χ1v) is 10.7. The lowest BCUT2D eigenvalue weighted by atomic mass is 9.75. The van der Waals surface area contributed by atoms with Gasteiger partial charge >= 0.3 is 5.97 Å². The molecule has 0 bridgehead atoms. The van der Waals surface area contributed by atoms with Crippen molar-refractivity contribution >= 4 is 11.8 Å². The number of allylic oxidation sites excluding steroid dienone is 3. The van der Waals surface area contributed by atoms with Crippen LogP contribution in [0.4, 0.5) is 0 Å². The Morgan fingerprint density at radius 2 is 1.83 bits per heavy atom. The molecule has 1 heterocycles. The molecule has 1 saturated carbocycles. The van der Waals surface area contributed by atoms with Crippen LogP contribution in [0.3, 0.4) is 0 Å². The van der Waals surface area contributed by atoms with Gasteiger partial charge < -0.3 is 19.5 Å². The van der Waals surface area contributed by atoms with Crippen molar-refractivity contribution in [3.8, 4) is 11.5 Å². The summed E-state index contributed by atoms with van der Waals surface area (Å²) >= 11 is 0. The maximum Gasteiger partial charge on any atom is 0.337 e. The quantitative estimate of drug-likeness (QED) is 0.734. The van der Waals surface area contributed by atoms with Crippen LogP contribution in [-0.4, -0.2) is 32.1 Å². The topological polar surface area (TPSA) is 73.9 Å². The summed E-state index contributed by atoms with van der Waals surface area (Å²) in [5.74, 6) is 0.462. The number of hydrogen-bond acceptors (Lipinski definition) is 6. The molecule has 1 fully saturated rings. The van der Waals surface area contributed by atoms with E-state index in [1.807, 2.05) is 19.1 Å². The van der Waals surface area contributed by atoms with E-state index in [1.165, 1.54) is 0 Å². The molecular weight excluding hydrogens is 382 g/mol. The minimum absolute atomic E-state index is 0.0475. The standard InChI is InChI=1S/C24H29NO5/c1-14-21(24(27)30-15-7-4-5-8-15)22(23-18(25-14)9-6-10-19(23)26)17-12-11-16(28-2)13-20(17)29-3/h11-13,15,22,25H,4-10H2,1-3H3/t22-/m1/s1. The average Bonchev–Trinajstić information content (AvgIpc) is 3.25. The van der Waals surface area contributed by atoms with Gasteiger partial charge in [-0.1, -0.05) is 6.07 Å². The first kappa shape index (κ1) is 20.5. The van der Waals surface area contributed by atoms with Gasteiger partial charge in [0.2, 0.25) is 0 Å². The summed E-state index contributed by atoms with van der Waals surface area (Å²) in [5, 5.41) is 3.34. The number of carbonyl (C=O) groups excluding carboxylic acids is 2. The second-order valence-corrected chi connectivity index (χ2v) is 8.19. The molecule has 0 aromatic heterocycles. The molecular formula is C24H29NO5. The van der Waals surface area contributed by atoms with Gasteiger partial charge in [-0.2, -0.15) is 0 Å². The van der Waals surface area contributed by atoms with Crippen molar-refractivity contribution in [1.29, 1.82) is 0 Å². The molecule has 0 unspecified atom stereocenters. The number of nitrogens with one attached hydrogen (secondary N) is 1. The van der Waals surface area contributed by atoms with Crippen molar-refractivity contribution in [3.63, 3.8) is 0 Å². The Labute approximate surface area is 177 Å². The highest BCUT2D eigenvalue weighted by atomic mass is 16.5. The highest BCUT2D eigenvalue weighted by molar-refractivity contribution is 6.04. The zero-order valence-corrected chi connectivity index (χ0v) is 17.9. The fourth-order valence-electron chi connectivity index (χ4n) is 4.84. The van der Waals surface area contributed by atoms with Gasteiger partial charge in [0.1, 0.15) is 17.6 Å². The first-order chi connectivity index (χ1) is 14.5. The van der Waals surface area contributed by atoms with Crippen LogP contribution in [0.2, 0.25) is 0 Å². The summed E-state index contributed by atoms with van der Waals surface area (Å²) in [6, 6.07) is 5.51. The van der Waals surface area contributed by atoms with Crippen LogP contribution in [0.5, 0.6) is 11.5 Å². The fraction of sp³-hybridized carbons (Fsp3) is 0.500. The van der Waals surface area contributed by atoms with Gasteiger partial charge in [0.15, 0.2) is 5.78 Å². The molecule has 4 rings (SSSR count). The molecule has 6 nitrogen and oxygen atoms in total. The number of dihydropyridines is 1. The number of benzene rings is 1. The van der Waals surface area contributed by atoms with Gasteiger partial charge in [0.05, 0.1) is 25.7 Å². The summed E-state index contributed by atoms with van der Waals surface area (Å²) < 4.78 is 16.8. The summed E-state index contributed by atoms with van der Waals surface area (Å²) in [7, 11) is 3.18. The van der Waals surface area contributed by atoms with E-state index in [4.69, 9.17) is 14.2 Å². The summed E-state index contributed by atoms with van der Waals surface area (Å²) in [6.07, 6.45) is 6.00. The van der Waals surface area contributed by atoms with Crippen molar-refractivity contribution in [2.75, 3.05) is 14.2 Å².